The molecule has 1 aromatic heterocycles. The number of benzene rings is 1. The third kappa shape index (κ3) is 4.21. The molecule has 4 rings (SSSR count). The maximum absolute atomic E-state index is 13.1. The predicted molar refractivity (Wildman–Crippen MR) is 109 cm³/mol. The van der Waals surface area contributed by atoms with Gasteiger partial charge in [0.25, 0.3) is 0 Å². The highest BCUT2D eigenvalue weighted by Crippen LogP contribution is 2.26. The number of nitrogens with one attached hydrogen (secondary N) is 1. The minimum Gasteiger partial charge on any atom is -0.361 e. The third-order valence-corrected chi connectivity index (χ3v) is 5.92. The molecule has 29 heavy (non-hydrogen) atoms. The molecule has 1 atom stereocenters. The first kappa shape index (κ1) is 19.7. The molecule has 6 nitrogen and oxygen atoms in total. The normalized spacial score (nSPS) is 18.3. The highest BCUT2D eigenvalue weighted by molar-refractivity contribution is 5.88. The van der Waals surface area contributed by atoms with Gasteiger partial charge in [0, 0.05) is 31.4 Å². The van der Waals surface area contributed by atoms with Crippen LogP contribution in [0.5, 0.6) is 0 Å². The largest absolute Gasteiger partial charge is 0.361 e. The number of aromatic nitrogens is 1. The highest BCUT2D eigenvalue weighted by Gasteiger charge is 2.34. The first-order valence-electron chi connectivity index (χ1n) is 10.6. The van der Waals surface area contributed by atoms with E-state index in [0.717, 1.165) is 53.8 Å². The van der Waals surface area contributed by atoms with E-state index < -0.39 is 6.04 Å². The van der Waals surface area contributed by atoms with E-state index in [-0.39, 0.29) is 17.7 Å². The highest BCUT2D eigenvalue weighted by atomic mass is 16.5. The van der Waals surface area contributed by atoms with Crippen molar-refractivity contribution in [2.45, 2.75) is 71.5 Å². The van der Waals surface area contributed by atoms with Crippen molar-refractivity contribution in [3.05, 3.63) is 52.4 Å². The first-order valence-corrected chi connectivity index (χ1v) is 10.6. The van der Waals surface area contributed by atoms with Gasteiger partial charge in [-0.1, -0.05) is 43.3 Å². The van der Waals surface area contributed by atoms with E-state index in [1.54, 1.807) is 4.90 Å². The number of rotatable bonds is 5. The van der Waals surface area contributed by atoms with Crippen molar-refractivity contribution in [3.63, 3.8) is 0 Å². The van der Waals surface area contributed by atoms with E-state index in [2.05, 4.69) is 10.5 Å². The Balaban J connectivity index is 1.50. The number of nitrogens with zero attached hydrogens (tertiary/aromatic N) is 2. The Morgan fingerprint density at radius 1 is 1.21 bits per heavy atom. The minimum atomic E-state index is -0.487. The fourth-order valence-corrected chi connectivity index (χ4v) is 4.36. The number of fused-ring (bicyclic) bond motifs is 2. The van der Waals surface area contributed by atoms with Gasteiger partial charge in [-0.2, -0.15) is 0 Å². The molecule has 0 spiro atoms. The van der Waals surface area contributed by atoms with Gasteiger partial charge < -0.3 is 14.7 Å². The van der Waals surface area contributed by atoms with Gasteiger partial charge in [0.1, 0.15) is 17.5 Å². The summed E-state index contributed by atoms with van der Waals surface area (Å²) in [5.74, 6) is 1.13. The predicted octanol–water partition coefficient (Wildman–Crippen LogP) is 3.17. The monoisotopic (exact) mass is 395 g/mol. The standard InChI is InChI=1S/C23H29N3O3/c1-15(2)11-22(27)26-14-17-8-4-3-7-16(17)12-20(26)23(28)24-13-19-18-9-5-6-10-21(18)29-25-19/h3-4,7-8,15,20H,5-6,9-14H2,1-2H3,(H,24,28). The van der Waals surface area contributed by atoms with Gasteiger partial charge in [-0.15, -0.1) is 0 Å². The molecule has 154 valence electrons. The minimum absolute atomic E-state index is 0.0356. The Morgan fingerprint density at radius 3 is 2.76 bits per heavy atom. The fraction of sp³-hybridized carbons (Fsp3) is 0.522. The molecular formula is C23H29N3O3. The van der Waals surface area contributed by atoms with Crippen molar-refractivity contribution in [1.82, 2.24) is 15.4 Å². The molecule has 0 saturated carbocycles. The molecule has 2 amide bonds. The van der Waals surface area contributed by atoms with E-state index in [9.17, 15) is 9.59 Å². The van der Waals surface area contributed by atoms with Crippen molar-refractivity contribution < 1.29 is 14.1 Å². The molecule has 0 saturated heterocycles. The Morgan fingerprint density at radius 2 is 1.97 bits per heavy atom. The number of carbonyl (C=O) groups excluding carboxylic acids is 2. The molecule has 1 aliphatic carbocycles. The van der Waals surface area contributed by atoms with Gasteiger partial charge in [-0.25, -0.2) is 0 Å². The summed E-state index contributed by atoms with van der Waals surface area (Å²) in [6, 6.07) is 7.58. The van der Waals surface area contributed by atoms with Crippen molar-refractivity contribution in [2.75, 3.05) is 0 Å². The lowest BCUT2D eigenvalue weighted by atomic mass is 9.92. The second kappa shape index (κ2) is 8.39. The van der Waals surface area contributed by atoms with E-state index in [4.69, 9.17) is 4.52 Å². The van der Waals surface area contributed by atoms with Gasteiger partial charge in [0.2, 0.25) is 11.8 Å². The molecule has 0 radical (unpaired) electrons. The lowest BCUT2D eigenvalue weighted by Gasteiger charge is -2.36. The van der Waals surface area contributed by atoms with Crippen molar-refractivity contribution >= 4 is 11.8 Å². The van der Waals surface area contributed by atoms with Crippen LogP contribution in [0.3, 0.4) is 0 Å². The summed E-state index contributed by atoms with van der Waals surface area (Å²) in [6.07, 6.45) is 5.13. The van der Waals surface area contributed by atoms with Gasteiger partial charge in [0.15, 0.2) is 0 Å². The van der Waals surface area contributed by atoms with Crippen LogP contribution in [0.25, 0.3) is 0 Å². The summed E-state index contributed by atoms with van der Waals surface area (Å²) < 4.78 is 5.45. The second-order valence-electron chi connectivity index (χ2n) is 8.56. The Bertz CT molecular complexity index is 903. The van der Waals surface area contributed by atoms with Crippen LogP contribution >= 0.6 is 0 Å². The summed E-state index contributed by atoms with van der Waals surface area (Å²) in [6.45, 7) is 4.89. The summed E-state index contributed by atoms with van der Waals surface area (Å²) in [5.41, 5.74) is 4.24. The molecule has 1 aromatic carbocycles. The topological polar surface area (TPSA) is 75.4 Å². The van der Waals surface area contributed by atoms with Crippen LogP contribution in [0.4, 0.5) is 0 Å². The number of amides is 2. The van der Waals surface area contributed by atoms with E-state index in [0.29, 0.717) is 25.9 Å². The number of aryl methyl sites for hydroxylation is 1. The average molecular weight is 396 g/mol. The zero-order chi connectivity index (χ0) is 20.4. The molecule has 6 heteroatoms. The van der Waals surface area contributed by atoms with Crippen LogP contribution in [0.2, 0.25) is 0 Å². The second-order valence-corrected chi connectivity index (χ2v) is 8.56. The molecule has 1 N–H and O–H groups in total. The molecular weight excluding hydrogens is 366 g/mol. The summed E-state index contributed by atoms with van der Waals surface area (Å²) >= 11 is 0. The molecule has 0 fully saturated rings. The summed E-state index contributed by atoms with van der Waals surface area (Å²) in [7, 11) is 0. The first-order chi connectivity index (χ1) is 14.0. The Labute approximate surface area is 171 Å². The lowest BCUT2D eigenvalue weighted by molar-refractivity contribution is -0.142. The van der Waals surface area contributed by atoms with Crippen LogP contribution in [0.15, 0.2) is 28.8 Å². The maximum Gasteiger partial charge on any atom is 0.243 e. The Kier molecular flexibility index (Phi) is 5.69. The maximum atomic E-state index is 13.1. The van der Waals surface area contributed by atoms with E-state index in [1.165, 1.54) is 0 Å². The summed E-state index contributed by atoms with van der Waals surface area (Å²) in [5, 5.41) is 7.19. The molecule has 2 aliphatic rings. The zero-order valence-electron chi connectivity index (χ0n) is 17.2. The van der Waals surface area contributed by atoms with Crippen LogP contribution < -0.4 is 5.32 Å². The van der Waals surface area contributed by atoms with Gasteiger partial charge in [0.05, 0.1) is 6.54 Å². The molecule has 0 bridgehead atoms. The van der Waals surface area contributed by atoms with Crippen LogP contribution in [0.1, 0.15) is 61.3 Å². The van der Waals surface area contributed by atoms with Crippen molar-refractivity contribution in [1.29, 1.82) is 0 Å². The van der Waals surface area contributed by atoms with Gasteiger partial charge in [-0.05, 0) is 36.3 Å². The van der Waals surface area contributed by atoms with Crippen LogP contribution in [-0.2, 0) is 41.9 Å². The fourth-order valence-electron chi connectivity index (χ4n) is 4.36. The average Bonchev–Trinajstić information content (AvgIpc) is 3.13. The third-order valence-electron chi connectivity index (χ3n) is 5.92. The lowest BCUT2D eigenvalue weighted by Crippen LogP contribution is -2.52. The van der Waals surface area contributed by atoms with Gasteiger partial charge in [-0.3, -0.25) is 9.59 Å². The molecule has 2 heterocycles. The molecule has 2 aromatic rings. The number of hydrogen-bond acceptors (Lipinski definition) is 4. The van der Waals surface area contributed by atoms with Crippen LogP contribution in [-0.4, -0.2) is 27.9 Å². The quantitative estimate of drug-likeness (QED) is 0.844. The van der Waals surface area contributed by atoms with Crippen molar-refractivity contribution in [3.8, 4) is 0 Å². The summed E-state index contributed by atoms with van der Waals surface area (Å²) in [4.78, 5) is 27.7. The van der Waals surface area contributed by atoms with Crippen molar-refractivity contribution in [2.24, 2.45) is 5.92 Å². The van der Waals surface area contributed by atoms with Crippen LogP contribution in [0, 0.1) is 5.92 Å². The smallest absolute Gasteiger partial charge is 0.243 e. The van der Waals surface area contributed by atoms with Gasteiger partial charge >= 0.3 is 0 Å². The Hall–Kier alpha value is -2.63. The zero-order valence-corrected chi connectivity index (χ0v) is 17.2. The molecule has 1 aliphatic heterocycles. The van der Waals surface area contributed by atoms with E-state index in [1.807, 2.05) is 38.1 Å². The number of carbonyl (C=O) groups is 2. The number of hydrogen-bond donors (Lipinski definition) is 1. The van der Waals surface area contributed by atoms with E-state index >= 15 is 0 Å². The SMILES string of the molecule is CC(C)CC(=O)N1Cc2ccccc2CC1C(=O)NCc1noc2c1CCCC2. The molecule has 1 unspecified atom stereocenters.